The summed E-state index contributed by atoms with van der Waals surface area (Å²) in [7, 11) is 4.88. The Morgan fingerprint density at radius 3 is 1.13 bits per heavy atom. The van der Waals surface area contributed by atoms with E-state index in [0.717, 1.165) is 21.8 Å². The molecule has 3 amide bonds. The maximum absolute atomic E-state index is 12.9. The summed E-state index contributed by atoms with van der Waals surface area (Å²) in [5.41, 5.74) is 6.17. The SMILES string of the molecule is CC(C)(C)C(=O)c1ccc2nc(NC(=O)c3ccc(OCCOCCO)cc3)[nH]c2c1.COCCOCCOCCOCCOc1ccc(C(=O)Nc2nc3ccc(C(=O)C(C)(C)C)cc3[nH]2)cc1O.COCCOCCOCCOCCn1cc(C(=O)Nc2cc3cc(C(=O)C(C)(C)C)ccc3[nH]2)nn1.COCCOCCOCCOCCn1cc(C(=O)c2cc3cc(C(=O)C(C)(C)C)ccc3[nH]2)nn1. The lowest BCUT2D eigenvalue weighted by molar-refractivity contribution is 0.0000850. The van der Waals surface area contributed by atoms with Gasteiger partial charge in [0.1, 0.15) is 24.8 Å². The van der Waals surface area contributed by atoms with E-state index in [1.54, 1.807) is 128 Å². The van der Waals surface area contributed by atoms with Crippen LogP contribution >= 0.6 is 0 Å². The monoisotopic (exact) mass is 1960 g/mol. The summed E-state index contributed by atoms with van der Waals surface area (Å²) in [6.45, 7) is 34.8. The van der Waals surface area contributed by atoms with Gasteiger partial charge in [-0.3, -0.25) is 49.0 Å². The van der Waals surface area contributed by atoms with Gasteiger partial charge in [0.2, 0.25) is 17.7 Å². The number of phenols is 1. The molecule has 0 atom stereocenters. The molecule has 0 aliphatic heterocycles. The van der Waals surface area contributed by atoms with E-state index in [1.165, 1.54) is 18.2 Å². The van der Waals surface area contributed by atoms with Gasteiger partial charge in [-0.25, -0.2) is 19.3 Å². The Labute approximate surface area is 818 Å². The van der Waals surface area contributed by atoms with Crippen LogP contribution in [0.2, 0.25) is 0 Å². The summed E-state index contributed by atoms with van der Waals surface area (Å²) in [5.74, 6) is 0.461. The summed E-state index contributed by atoms with van der Waals surface area (Å²) in [5, 5.41) is 44.7. The lowest BCUT2D eigenvalue weighted by Crippen LogP contribution is -2.20. The van der Waals surface area contributed by atoms with Crippen molar-refractivity contribution in [2.75, 3.05) is 209 Å². The van der Waals surface area contributed by atoms with Gasteiger partial charge >= 0.3 is 0 Å². The first-order valence-electron chi connectivity index (χ1n) is 46.3. The number of aliphatic hydroxyl groups is 1. The Hall–Kier alpha value is -12.8. The van der Waals surface area contributed by atoms with Crippen molar-refractivity contribution in [2.45, 2.75) is 96.2 Å². The molecular weight excluding hydrogens is 1820 g/mol. The van der Waals surface area contributed by atoms with E-state index < -0.39 is 27.6 Å². The molecule has 0 unspecified atom stereocenters. The Kier molecular flexibility index (Phi) is 44.9. The molecular formula is C101H133N15O25. The number of hydrogen-bond donors (Lipinski definition) is 9. The smallest absolute Gasteiger partial charge is 0.278 e. The number of fused-ring (bicyclic) bond motifs is 4. The second-order valence-electron chi connectivity index (χ2n) is 36.1. The minimum Gasteiger partial charge on any atom is -0.504 e. The normalized spacial score (nSPS) is 11.7. The number of Topliss-reactive ketones (excluding diaryl/α,β-unsaturated/α-hetero) is 4. The highest BCUT2D eigenvalue weighted by Gasteiger charge is 2.29. The van der Waals surface area contributed by atoms with Crippen molar-refractivity contribution in [3.05, 3.63) is 190 Å². The van der Waals surface area contributed by atoms with Crippen molar-refractivity contribution < 1.29 is 120 Å². The predicted octanol–water partition coefficient (Wildman–Crippen LogP) is 13.1. The zero-order valence-electron chi connectivity index (χ0n) is 82.9. The van der Waals surface area contributed by atoms with Crippen LogP contribution in [0.25, 0.3) is 43.9 Å². The highest BCUT2D eigenvalue weighted by atomic mass is 16.6. The molecule has 6 aromatic heterocycles. The number of rotatable bonds is 55. The van der Waals surface area contributed by atoms with Gasteiger partial charge in [0, 0.05) is 98.2 Å². The zero-order valence-corrected chi connectivity index (χ0v) is 82.9. The number of H-pyrrole nitrogens is 4. The highest BCUT2D eigenvalue weighted by Crippen LogP contribution is 2.32. The van der Waals surface area contributed by atoms with Gasteiger partial charge in [-0.2, -0.15) is 0 Å². The Balaban J connectivity index is 0.000000211. The summed E-state index contributed by atoms with van der Waals surface area (Å²) >= 11 is 0. The topological polar surface area (TPSA) is 502 Å². The maximum Gasteiger partial charge on any atom is 0.278 e. The van der Waals surface area contributed by atoms with E-state index in [1.807, 2.05) is 107 Å². The van der Waals surface area contributed by atoms with Crippen molar-refractivity contribution >= 4 is 108 Å². The second-order valence-corrected chi connectivity index (χ2v) is 36.1. The summed E-state index contributed by atoms with van der Waals surface area (Å²) in [6, 6.07) is 35.9. The summed E-state index contributed by atoms with van der Waals surface area (Å²) in [4.78, 5) is 122. The van der Waals surface area contributed by atoms with Crippen LogP contribution in [0.1, 0.15) is 172 Å². The fourth-order valence-corrected chi connectivity index (χ4v) is 13.0. The predicted molar refractivity (Wildman–Crippen MR) is 528 cm³/mol. The van der Waals surface area contributed by atoms with Crippen LogP contribution in [-0.2, 0) is 74.7 Å². The fraction of sp³-hybridized carbons (Fsp3) is 0.465. The third kappa shape index (κ3) is 37.3. The standard InChI is InChI=1S/C28H37N3O8.C25H35N5O6.C25H34N4O6.C23H27N3O5/c1-28(2,3)25(33)19-5-7-21-22(17-19)30-27(29-21)31-26(34)20-6-8-24(23(32)18-20)39-16-15-38-14-13-37-12-11-36-10-9-35-4;1-25(2,3)23(31)18-5-6-20-19(15-18)16-22(26-20)27-24(32)21-17-30(29-28-21)7-8-34-11-12-36-14-13-35-10-9-33-4;1-25(2,3)24(31)18-5-6-20-19(15-18)16-21(26-20)23(30)22-17-29(28-27-22)7-8-33-11-12-35-14-13-34-10-9-32-4;1-23(2,3)20(28)16-6-9-18-19(14-16)25-22(24-18)26-21(29)15-4-7-17(8-5-15)31-13-12-30-11-10-27/h5-8,17-18,32H,9-16H2,1-4H3,(H2,29,30,31,34);5-6,15-17,26H,7-14H2,1-4H3,(H,27,32);5-6,15-17,26H,7-14H2,1-4H3;4-9,14,27H,10-13H2,1-3H3,(H2,24,25,26,29). The molecule has 0 aliphatic rings. The molecule has 6 aromatic carbocycles. The molecule has 6 heterocycles. The van der Waals surface area contributed by atoms with E-state index in [2.05, 4.69) is 66.5 Å². The molecule has 0 saturated carbocycles. The number of aliphatic hydroxyl groups excluding tert-OH is 1. The lowest BCUT2D eigenvalue weighted by atomic mass is 9.86. The number of hydrogen-bond acceptors (Lipinski definition) is 31. The van der Waals surface area contributed by atoms with E-state index >= 15 is 0 Å². The molecule has 0 bridgehead atoms. The van der Waals surface area contributed by atoms with Gasteiger partial charge in [-0.05, 0) is 127 Å². The van der Waals surface area contributed by atoms with Crippen LogP contribution in [0.15, 0.2) is 140 Å². The lowest BCUT2D eigenvalue weighted by Gasteiger charge is -2.16. The fourth-order valence-electron chi connectivity index (χ4n) is 13.0. The molecule has 0 saturated heterocycles. The number of benzene rings is 6. The molecule has 0 aliphatic carbocycles. The number of nitrogens with zero attached hydrogens (tertiary/aromatic N) is 8. The number of aromatic amines is 4. The molecule has 0 spiro atoms. The van der Waals surface area contributed by atoms with Crippen LogP contribution < -0.4 is 25.4 Å². The van der Waals surface area contributed by atoms with Crippen LogP contribution in [0, 0.1) is 21.7 Å². The third-order valence-electron chi connectivity index (χ3n) is 20.5. The van der Waals surface area contributed by atoms with Crippen LogP contribution in [-0.4, -0.2) is 310 Å². The number of carbonyl (C=O) groups excluding carboxylic acids is 8. The quantitative estimate of drug-likeness (QED) is 0.0126. The van der Waals surface area contributed by atoms with E-state index in [0.29, 0.717) is 238 Å². The maximum atomic E-state index is 12.9. The van der Waals surface area contributed by atoms with Crippen LogP contribution in [0.5, 0.6) is 17.2 Å². The summed E-state index contributed by atoms with van der Waals surface area (Å²) in [6.07, 6.45) is 3.16. The van der Waals surface area contributed by atoms with Crippen LogP contribution in [0.3, 0.4) is 0 Å². The van der Waals surface area contributed by atoms with Crippen molar-refractivity contribution in [3.8, 4) is 17.2 Å². The molecule has 12 rings (SSSR count). The third-order valence-corrected chi connectivity index (χ3v) is 20.5. The number of phenolic OH excluding ortho intramolecular Hbond substituents is 1. The number of anilines is 3. The molecule has 0 radical (unpaired) electrons. The number of amides is 3. The minimum atomic E-state index is -0.509. The second kappa shape index (κ2) is 56.6. The highest BCUT2D eigenvalue weighted by molar-refractivity contribution is 6.11. The number of methoxy groups -OCH3 is 3. The molecule has 40 heteroatoms. The molecule has 0 fully saturated rings. The minimum absolute atomic E-state index is 0.0125. The average Bonchev–Trinajstić information content (AvgIpc) is 1.67. The first kappa shape index (κ1) is 112. The number of carbonyl (C=O) groups is 8. The Morgan fingerprint density at radius 1 is 0.340 bits per heavy atom. The summed E-state index contributed by atoms with van der Waals surface area (Å²) < 4.78 is 82.6. The Bertz CT molecular complexity index is 5970. The van der Waals surface area contributed by atoms with Gasteiger partial charge in [0.25, 0.3) is 17.7 Å². The number of aromatic hydroxyl groups is 1. The van der Waals surface area contributed by atoms with Gasteiger partial charge in [0.15, 0.2) is 46.0 Å². The largest absolute Gasteiger partial charge is 0.504 e. The van der Waals surface area contributed by atoms with E-state index in [9.17, 15) is 43.5 Å². The van der Waals surface area contributed by atoms with Crippen molar-refractivity contribution in [3.63, 3.8) is 0 Å². The number of imidazole rings is 2. The first-order chi connectivity index (χ1) is 67.5. The van der Waals surface area contributed by atoms with Crippen LogP contribution in [0.4, 0.5) is 17.7 Å². The van der Waals surface area contributed by atoms with Crippen molar-refractivity contribution in [2.24, 2.45) is 21.7 Å². The van der Waals surface area contributed by atoms with E-state index in [-0.39, 0.29) is 94.9 Å². The number of aromatic nitrogens is 12. The average molecular weight is 1960 g/mol. The zero-order chi connectivity index (χ0) is 102. The van der Waals surface area contributed by atoms with Gasteiger partial charge < -0.3 is 107 Å². The number of ketones is 5. The number of nitrogens with one attached hydrogen (secondary N) is 7. The molecule has 141 heavy (non-hydrogen) atoms. The van der Waals surface area contributed by atoms with Crippen molar-refractivity contribution in [1.29, 1.82) is 0 Å². The molecule has 12 aromatic rings. The number of ether oxygens (including phenoxy) is 15. The Morgan fingerprint density at radius 2 is 0.702 bits per heavy atom. The molecule has 762 valence electrons. The van der Waals surface area contributed by atoms with Crippen molar-refractivity contribution in [1.82, 2.24) is 59.9 Å². The van der Waals surface area contributed by atoms with Gasteiger partial charge in [0.05, 0.1) is 212 Å². The first-order valence-corrected chi connectivity index (χ1v) is 46.3. The van der Waals surface area contributed by atoms with Gasteiger partial charge in [-0.15, -0.1) is 10.2 Å². The molecule has 9 N–H and O–H groups in total. The van der Waals surface area contributed by atoms with Gasteiger partial charge in [-0.1, -0.05) is 93.5 Å². The van der Waals surface area contributed by atoms with E-state index in [4.69, 9.17) is 76.2 Å². The molecule has 40 nitrogen and oxygen atoms in total.